The number of carboxylic acids is 1. The molecule has 2 aromatic rings. The van der Waals surface area contributed by atoms with Gasteiger partial charge in [-0.2, -0.15) is 9.49 Å². The Bertz CT molecular complexity index is 594. The van der Waals surface area contributed by atoms with Gasteiger partial charge < -0.3 is 10.4 Å². The van der Waals surface area contributed by atoms with Crippen molar-refractivity contribution in [2.45, 2.75) is 33.0 Å². The zero-order valence-corrected chi connectivity index (χ0v) is 11.9. The average Bonchev–Trinajstić information content (AvgIpc) is 2.98. The molecular formula is C13H16FN3O2S. The number of aryl methyl sites for hydroxylation is 1. The molecule has 0 spiro atoms. The number of nitrogens with one attached hydrogen (secondary N) is 1. The summed E-state index contributed by atoms with van der Waals surface area (Å²) in [6.07, 6.45) is 0.879. The predicted octanol–water partition coefficient (Wildman–Crippen LogP) is 2.48. The number of hydrogen-bond acceptors (Lipinski definition) is 4. The van der Waals surface area contributed by atoms with Gasteiger partial charge in [-0.05, 0) is 24.6 Å². The maximum absolute atomic E-state index is 12.8. The van der Waals surface area contributed by atoms with Crippen molar-refractivity contribution in [2.75, 3.05) is 0 Å². The van der Waals surface area contributed by atoms with E-state index >= 15 is 0 Å². The van der Waals surface area contributed by atoms with Crippen molar-refractivity contribution >= 4 is 17.3 Å². The molecule has 0 aliphatic rings. The highest BCUT2D eigenvalue weighted by Crippen LogP contribution is 2.14. The molecule has 0 radical (unpaired) electrons. The van der Waals surface area contributed by atoms with Crippen molar-refractivity contribution in [3.63, 3.8) is 0 Å². The van der Waals surface area contributed by atoms with Crippen LogP contribution in [0.3, 0.4) is 0 Å². The minimum absolute atomic E-state index is 0.0532. The highest BCUT2D eigenvalue weighted by atomic mass is 32.1. The van der Waals surface area contributed by atoms with Crippen molar-refractivity contribution in [2.24, 2.45) is 0 Å². The van der Waals surface area contributed by atoms with Gasteiger partial charge in [-0.3, -0.25) is 4.68 Å². The lowest BCUT2D eigenvalue weighted by Crippen LogP contribution is -2.16. The summed E-state index contributed by atoms with van der Waals surface area (Å²) in [6, 6.07) is 4.74. The molecule has 0 atom stereocenters. The summed E-state index contributed by atoms with van der Waals surface area (Å²) in [7, 11) is 0. The van der Waals surface area contributed by atoms with Gasteiger partial charge in [-0.25, -0.2) is 4.79 Å². The van der Waals surface area contributed by atoms with Crippen molar-refractivity contribution < 1.29 is 14.3 Å². The van der Waals surface area contributed by atoms with Crippen LogP contribution >= 0.6 is 11.3 Å². The van der Waals surface area contributed by atoms with Crippen LogP contribution in [-0.2, 0) is 19.6 Å². The van der Waals surface area contributed by atoms with E-state index in [9.17, 15) is 9.18 Å². The van der Waals surface area contributed by atoms with Gasteiger partial charge in [0.25, 0.3) is 0 Å². The molecule has 2 heterocycles. The third-order valence-electron chi connectivity index (χ3n) is 2.75. The monoisotopic (exact) mass is 297 g/mol. The Morgan fingerprint density at radius 1 is 1.50 bits per heavy atom. The van der Waals surface area contributed by atoms with Crippen molar-refractivity contribution in [3.8, 4) is 0 Å². The molecule has 0 aliphatic heterocycles. The van der Waals surface area contributed by atoms with Crippen LogP contribution in [0.25, 0.3) is 0 Å². The molecule has 0 fully saturated rings. The third-order valence-corrected chi connectivity index (χ3v) is 3.63. The maximum Gasteiger partial charge on any atom is 0.356 e. The molecule has 20 heavy (non-hydrogen) atoms. The molecule has 0 bridgehead atoms. The number of thiophene rings is 1. The van der Waals surface area contributed by atoms with E-state index in [1.807, 2.05) is 6.92 Å². The van der Waals surface area contributed by atoms with E-state index in [4.69, 9.17) is 5.11 Å². The molecule has 7 heteroatoms. The van der Waals surface area contributed by atoms with E-state index < -0.39 is 5.97 Å². The SMILES string of the molecule is CCCn1nc(C(=O)O)cc1CNCc1ccc(F)s1. The number of hydrogen-bond donors (Lipinski definition) is 2. The van der Waals surface area contributed by atoms with E-state index in [0.29, 0.717) is 19.6 Å². The Morgan fingerprint density at radius 3 is 2.90 bits per heavy atom. The van der Waals surface area contributed by atoms with Crippen LogP contribution in [0.5, 0.6) is 0 Å². The van der Waals surface area contributed by atoms with Gasteiger partial charge in [0.15, 0.2) is 10.8 Å². The fraction of sp³-hybridized carbons (Fsp3) is 0.385. The number of aromatic nitrogens is 2. The van der Waals surface area contributed by atoms with Gasteiger partial charge in [-0.1, -0.05) is 6.92 Å². The lowest BCUT2D eigenvalue weighted by Gasteiger charge is -2.06. The van der Waals surface area contributed by atoms with E-state index in [1.54, 1.807) is 16.8 Å². The molecule has 2 aromatic heterocycles. The molecule has 0 saturated carbocycles. The Balaban J connectivity index is 1.98. The van der Waals surface area contributed by atoms with Gasteiger partial charge in [-0.15, -0.1) is 11.3 Å². The van der Waals surface area contributed by atoms with Crippen LogP contribution in [0.2, 0.25) is 0 Å². The number of carbonyl (C=O) groups is 1. The zero-order valence-electron chi connectivity index (χ0n) is 11.1. The number of halogens is 1. The molecule has 0 aromatic carbocycles. The van der Waals surface area contributed by atoms with E-state index in [2.05, 4.69) is 10.4 Å². The predicted molar refractivity (Wildman–Crippen MR) is 74.3 cm³/mol. The summed E-state index contributed by atoms with van der Waals surface area (Å²) in [5, 5.41) is 16.0. The lowest BCUT2D eigenvalue weighted by atomic mass is 10.3. The molecule has 0 saturated heterocycles. The van der Waals surface area contributed by atoms with Crippen molar-refractivity contribution in [1.29, 1.82) is 0 Å². The normalized spacial score (nSPS) is 10.9. The zero-order chi connectivity index (χ0) is 14.5. The first kappa shape index (κ1) is 14.7. The first-order valence-corrected chi connectivity index (χ1v) is 7.16. The van der Waals surface area contributed by atoms with Gasteiger partial charge in [0.1, 0.15) is 0 Å². The fourth-order valence-electron chi connectivity index (χ4n) is 1.87. The second-order valence-electron chi connectivity index (χ2n) is 4.36. The van der Waals surface area contributed by atoms with Gasteiger partial charge >= 0.3 is 5.97 Å². The van der Waals surface area contributed by atoms with E-state index in [0.717, 1.165) is 28.3 Å². The van der Waals surface area contributed by atoms with Gasteiger partial charge in [0.2, 0.25) is 0 Å². The maximum atomic E-state index is 12.8. The first-order chi connectivity index (χ1) is 9.60. The van der Waals surface area contributed by atoms with E-state index in [1.165, 1.54) is 6.07 Å². The fourth-order valence-corrected chi connectivity index (χ4v) is 2.57. The van der Waals surface area contributed by atoms with Gasteiger partial charge in [0.05, 0.1) is 5.69 Å². The highest BCUT2D eigenvalue weighted by Gasteiger charge is 2.12. The number of rotatable bonds is 7. The number of aromatic carboxylic acids is 1. The van der Waals surface area contributed by atoms with Crippen molar-refractivity contribution in [1.82, 2.24) is 15.1 Å². The second-order valence-corrected chi connectivity index (χ2v) is 5.48. The van der Waals surface area contributed by atoms with Crippen LogP contribution in [0.1, 0.15) is 34.4 Å². The smallest absolute Gasteiger partial charge is 0.356 e. The van der Waals surface area contributed by atoms with Gasteiger partial charge in [0, 0.05) is 24.5 Å². The summed E-state index contributed by atoms with van der Waals surface area (Å²) in [6.45, 7) is 3.74. The number of carboxylic acid groups (broad SMARTS) is 1. The first-order valence-electron chi connectivity index (χ1n) is 6.35. The largest absolute Gasteiger partial charge is 0.476 e. The Kier molecular flexibility index (Phi) is 4.86. The minimum atomic E-state index is -1.03. The quantitative estimate of drug-likeness (QED) is 0.824. The Hall–Kier alpha value is -1.73. The third kappa shape index (κ3) is 3.64. The molecule has 0 amide bonds. The summed E-state index contributed by atoms with van der Waals surface area (Å²) >= 11 is 1.10. The summed E-state index contributed by atoms with van der Waals surface area (Å²) < 4.78 is 14.5. The molecule has 5 nitrogen and oxygen atoms in total. The summed E-state index contributed by atoms with van der Waals surface area (Å²) in [5.41, 5.74) is 0.874. The average molecular weight is 297 g/mol. The molecule has 2 N–H and O–H groups in total. The van der Waals surface area contributed by atoms with Crippen LogP contribution in [-0.4, -0.2) is 20.9 Å². The van der Waals surface area contributed by atoms with E-state index in [-0.39, 0.29) is 10.8 Å². The molecule has 0 unspecified atom stereocenters. The number of nitrogens with zero attached hydrogens (tertiary/aromatic N) is 2. The van der Waals surface area contributed by atoms with Crippen LogP contribution in [0.4, 0.5) is 4.39 Å². The molecular weight excluding hydrogens is 281 g/mol. The van der Waals surface area contributed by atoms with Crippen molar-refractivity contribution in [3.05, 3.63) is 39.6 Å². The summed E-state index contributed by atoms with van der Waals surface area (Å²) in [5.74, 6) is -1.03. The molecule has 2 rings (SSSR count). The Morgan fingerprint density at radius 2 is 2.30 bits per heavy atom. The minimum Gasteiger partial charge on any atom is -0.476 e. The standard InChI is InChI=1S/C13H16FN3O2S/c1-2-5-17-9(6-11(16-17)13(18)19)7-15-8-10-3-4-12(14)20-10/h3-4,6,15H,2,5,7-8H2,1H3,(H,18,19). The van der Waals surface area contributed by atoms with Crippen LogP contribution in [0, 0.1) is 5.13 Å². The molecule has 0 aliphatic carbocycles. The second kappa shape index (κ2) is 6.62. The highest BCUT2D eigenvalue weighted by molar-refractivity contribution is 7.10. The Labute approximate surface area is 120 Å². The topological polar surface area (TPSA) is 67.2 Å². The molecule has 108 valence electrons. The van der Waals surface area contributed by atoms with Crippen LogP contribution in [0.15, 0.2) is 18.2 Å². The lowest BCUT2D eigenvalue weighted by molar-refractivity contribution is 0.0689. The van der Waals surface area contributed by atoms with Crippen LogP contribution < -0.4 is 5.32 Å². The summed E-state index contributed by atoms with van der Waals surface area (Å²) in [4.78, 5) is 11.8.